The molecule has 1 saturated carbocycles. The van der Waals surface area contributed by atoms with E-state index in [1.54, 1.807) is 0 Å². The monoisotopic (exact) mass is 324 g/mol. The number of likely N-dealkylation sites (tertiary alicyclic amines) is 1. The summed E-state index contributed by atoms with van der Waals surface area (Å²) in [6, 6.07) is 0.0402. The van der Waals surface area contributed by atoms with Gasteiger partial charge in [-0.05, 0) is 47.8 Å². The van der Waals surface area contributed by atoms with Gasteiger partial charge in [0, 0.05) is 21.0 Å². The zero-order valence-electron chi connectivity index (χ0n) is 15.1. The number of carbonyl (C=O) groups is 3. The van der Waals surface area contributed by atoms with Gasteiger partial charge in [0.2, 0.25) is 11.8 Å². The maximum absolute atomic E-state index is 12.2. The van der Waals surface area contributed by atoms with Crippen molar-refractivity contribution in [3.05, 3.63) is 0 Å². The van der Waals surface area contributed by atoms with Crippen molar-refractivity contribution in [2.45, 2.75) is 58.1 Å². The second kappa shape index (κ2) is 6.80. The number of amides is 3. The van der Waals surface area contributed by atoms with Crippen molar-refractivity contribution in [2.75, 3.05) is 13.1 Å². The summed E-state index contributed by atoms with van der Waals surface area (Å²) in [6.07, 6.45) is 2.53. The van der Waals surface area contributed by atoms with Crippen molar-refractivity contribution in [3.63, 3.8) is 0 Å². The van der Waals surface area contributed by atoms with Gasteiger partial charge in [0.25, 0.3) is 0 Å². The maximum atomic E-state index is 12.2. The Kier molecular flexibility index (Phi) is 5.21. The van der Waals surface area contributed by atoms with Gasteiger partial charge in [-0.1, -0.05) is 0 Å². The van der Waals surface area contributed by atoms with Gasteiger partial charge >= 0.3 is 6.09 Å². The van der Waals surface area contributed by atoms with Crippen LogP contribution in [-0.4, -0.2) is 57.3 Å². The molecule has 2 rings (SSSR count). The standard InChI is InChI=1S/C15H25N3O4.BH/c1-14(2,3)22-13(21)17-10-4-6-15(7-5-10)9-18(12(15)20)8-11(16)19;/h10H,4-9H2,1-3H3,(H2,16,19)(H,17,21);1H/i;1D. The fraction of sp³-hybridized carbons (Fsp3) is 0.800. The Labute approximate surface area is 140 Å². The fourth-order valence-corrected chi connectivity index (χ4v) is 3.23. The highest BCUT2D eigenvalue weighted by Gasteiger charge is 2.53. The summed E-state index contributed by atoms with van der Waals surface area (Å²) < 4.78 is 10.5. The van der Waals surface area contributed by atoms with Crippen molar-refractivity contribution in [2.24, 2.45) is 11.1 Å². The van der Waals surface area contributed by atoms with Crippen LogP contribution >= 0.6 is 0 Å². The highest BCUT2D eigenvalue weighted by Crippen LogP contribution is 2.44. The van der Waals surface area contributed by atoms with Crippen LogP contribution in [0.2, 0.25) is 0 Å². The Morgan fingerprint density at radius 1 is 1.43 bits per heavy atom. The molecule has 3 N–H and O–H groups in total. The first-order chi connectivity index (χ1) is 11.1. The van der Waals surface area contributed by atoms with Crippen LogP contribution in [0.15, 0.2) is 0 Å². The number of β-lactam (4-membered cyclic amide) rings is 1. The summed E-state index contributed by atoms with van der Waals surface area (Å²) in [5, 5.41) is 2.86. The second-order valence-corrected chi connectivity index (χ2v) is 7.33. The van der Waals surface area contributed by atoms with Gasteiger partial charge in [0.05, 0.1) is 12.0 Å². The first kappa shape index (κ1) is 17.6. The molecule has 8 heteroatoms. The number of rotatable bonds is 3. The molecule has 1 aliphatic carbocycles. The molecule has 0 unspecified atom stereocenters. The van der Waals surface area contributed by atoms with Gasteiger partial charge in [0.15, 0.2) is 0 Å². The molecule has 0 bridgehead atoms. The number of carbonyl (C=O) groups excluding carboxylic acids is 3. The van der Waals surface area contributed by atoms with E-state index < -0.39 is 17.6 Å². The minimum Gasteiger partial charge on any atom is -0.444 e. The zero-order chi connectivity index (χ0) is 18.5. The molecule has 3 amide bonds. The molecule has 7 nitrogen and oxygen atoms in total. The summed E-state index contributed by atoms with van der Waals surface area (Å²) in [6.45, 7) is 6.06. The molecule has 0 atom stereocenters. The van der Waals surface area contributed by atoms with Crippen molar-refractivity contribution in [1.29, 1.82) is 1.34 Å². The number of ether oxygens (including phenoxy) is 1. The van der Waals surface area contributed by atoms with E-state index in [2.05, 4.69) is 13.7 Å². The smallest absolute Gasteiger partial charge is 0.407 e. The van der Waals surface area contributed by atoms with Gasteiger partial charge in [-0.15, -0.1) is 0 Å². The van der Waals surface area contributed by atoms with E-state index in [0.29, 0.717) is 6.54 Å². The lowest BCUT2D eigenvalue weighted by Gasteiger charge is -2.51. The van der Waals surface area contributed by atoms with E-state index in [-0.39, 0.29) is 23.9 Å². The van der Waals surface area contributed by atoms with Gasteiger partial charge in [-0.3, -0.25) is 9.59 Å². The van der Waals surface area contributed by atoms with Crippen LogP contribution in [0.5, 0.6) is 0 Å². The first-order valence-electron chi connectivity index (χ1n) is 8.26. The van der Waals surface area contributed by atoms with Crippen molar-refractivity contribution in [1.82, 2.24) is 10.2 Å². The summed E-state index contributed by atoms with van der Waals surface area (Å²) in [7, 11) is 3.75. The van der Waals surface area contributed by atoms with Crippen molar-refractivity contribution >= 4 is 26.3 Å². The van der Waals surface area contributed by atoms with Gasteiger partial charge < -0.3 is 20.7 Å². The molecule has 0 aromatic rings. The lowest BCUT2D eigenvalue weighted by atomic mass is 9.66. The predicted octanol–water partition coefficient (Wildman–Crippen LogP) is 0.119. The molecular formula is C15H26BN3O4. The number of hydrogen-bond acceptors (Lipinski definition) is 4. The molecule has 1 saturated heterocycles. The number of nitrogens with two attached hydrogens (primary N) is 1. The number of hydrogen-bond donors (Lipinski definition) is 2. The summed E-state index contributed by atoms with van der Waals surface area (Å²) in [4.78, 5) is 36.3. The van der Waals surface area contributed by atoms with Crippen LogP contribution in [0.1, 0.15) is 46.5 Å². The van der Waals surface area contributed by atoms with Gasteiger partial charge in [-0.25, -0.2) is 4.79 Å². The first-order valence-corrected chi connectivity index (χ1v) is 7.68. The predicted molar refractivity (Wildman–Crippen MR) is 87.0 cm³/mol. The average Bonchev–Trinajstić information content (AvgIpc) is 2.48. The van der Waals surface area contributed by atoms with Gasteiger partial charge in [-0.2, -0.15) is 0 Å². The Morgan fingerprint density at radius 3 is 2.43 bits per heavy atom. The molecule has 2 aliphatic rings. The molecule has 1 aliphatic heterocycles. The topological polar surface area (TPSA) is 102 Å². The molecule has 2 fully saturated rings. The fourth-order valence-electron chi connectivity index (χ4n) is 3.23. The number of alkyl carbamates (subject to hydrolysis) is 1. The largest absolute Gasteiger partial charge is 0.444 e. The zero-order valence-corrected chi connectivity index (χ0v) is 14.1. The van der Waals surface area contributed by atoms with Crippen LogP contribution in [0.4, 0.5) is 4.79 Å². The van der Waals surface area contributed by atoms with Crippen molar-refractivity contribution in [3.8, 4) is 0 Å². The highest BCUT2D eigenvalue weighted by atomic mass is 16.6. The lowest BCUT2D eigenvalue weighted by molar-refractivity contribution is -0.165. The average molecular weight is 324 g/mol. The SMILES string of the molecule is CC(C)(C)OC(=O)NC1CCC2(CC1)CN(CC(N)=O)C2=O.[2H][B]. The number of primary amides is 1. The molecule has 2 radical (unpaired) electrons. The number of nitrogens with zero attached hydrogens (tertiary/aromatic N) is 1. The molecule has 23 heavy (non-hydrogen) atoms. The van der Waals surface area contributed by atoms with Crippen LogP contribution in [0, 0.1) is 5.41 Å². The Morgan fingerprint density at radius 2 is 2.00 bits per heavy atom. The lowest BCUT2D eigenvalue weighted by Crippen LogP contribution is -2.64. The van der Waals surface area contributed by atoms with E-state index >= 15 is 0 Å². The normalized spacial score (nSPS) is 27.3. The molecule has 128 valence electrons. The third-order valence-corrected chi connectivity index (χ3v) is 4.24. The van der Waals surface area contributed by atoms with Gasteiger partial charge in [0.1, 0.15) is 5.60 Å². The van der Waals surface area contributed by atoms with Crippen molar-refractivity contribution < 1.29 is 19.1 Å². The third-order valence-electron chi connectivity index (χ3n) is 4.24. The summed E-state index contributed by atoms with van der Waals surface area (Å²) in [5.74, 6) is -0.467. The van der Waals surface area contributed by atoms with E-state index in [9.17, 15) is 14.4 Å². The molecular weight excluding hydrogens is 297 g/mol. The Hall–Kier alpha value is -1.73. The minimum absolute atomic E-state index is 0.000169. The third kappa shape index (κ3) is 4.62. The van der Waals surface area contributed by atoms with Crippen LogP contribution in [0.25, 0.3) is 0 Å². The van der Waals surface area contributed by atoms with E-state index in [4.69, 9.17) is 11.8 Å². The maximum Gasteiger partial charge on any atom is 0.407 e. The Bertz CT molecular complexity index is 488. The second-order valence-electron chi connectivity index (χ2n) is 7.33. The molecule has 0 aromatic carbocycles. The molecule has 0 aromatic heterocycles. The van der Waals surface area contributed by atoms with E-state index in [0.717, 1.165) is 25.7 Å². The van der Waals surface area contributed by atoms with Crippen LogP contribution < -0.4 is 11.1 Å². The minimum atomic E-state index is -0.515. The summed E-state index contributed by atoms with van der Waals surface area (Å²) >= 11 is 0. The Balaban J connectivity index is 0.00000139. The van der Waals surface area contributed by atoms with Crippen LogP contribution in [0.3, 0.4) is 0 Å². The van der Waals surface area contributed by atoms with E-state index in [1.165, 1.54) is 4.90 Å². The number of nitrogens with one attached hydrogen (secondary N) is 1. The molecule has 1 heterocycles. The quantitative estimate of drug-likeness (QED) is 0.568. The highest BCUT2D eigenvalue weighted by molar-refractivity contribution is 5.92. The van der Waals surface area contributed by atoms with E-state index in [1.807, 2.05) is 20.8 Å². The molecule has 1 spiro atoms. The van der Waals surface area contributed by atoms with Crippen LogP contribution in [-0.2, 0) is 14.3 Å². The summed E-state index contributed by atoms with van der Waals surface area (Å²) in [5.41, 5.74) is 4.26.